The Hall–Kier alpha value is -0.380. The van der Waals surface area contributed by atoms with Gasteiger partial charge in [-0.3, -0.25) is 4.90 Å². The monoisotopic (exact) mass is 156 g/mol. The van der Waals surface area contributed by atoms with Crippen LogP contribution >= 0.6 is 11.3 Å². The largest absolute Gasteiger partial charge is 0.318 e. The highest BCUT2D eigenvalue weighted by Crippen LogP contribution is 2.09. The van der Waals surface area contributed by atoms with Gasteiger partial charge >= 0.3 is 0 Å². The van der Waals surface area contributed by atoms with Gasteiger partial charge in [-0.15, -0.1) is 11.3 Å². The van der Waals surface area contributed by atoms with E-state index < -0.39 is 0 Å². The maximum atomic E-state index is 5.42. The second-order valence-electron chi connectivity index (χ2n) is 2.28. The average Bonchev–Trinajstić information content (AvgIpc) is 2.40. The molecule has 10 heavy (non-hydrogen) atoms. The number of rotatable bonds is 3. The molecule has 0 aromatic carbocycles. The van der Waals surface area contributed by atoms with Gasteiger partial charge in [0.05, 0.1) is 0 Å². The average molecular weight is 156 g/mol. The molecule has 1 heterocycles. The van der Waals surface area contributed by atoms with E-state index in [9.17, 15) is 0 Å². The Bertz CT molecular complexity index is 172. The highest BCUT2D eigenvalue weighted by Gasteiger charge is 1.96. The van der Waals surface area contributed by atoms with Gasteiger partial charge in [0.15, 0.2) is 0 Å². The minimum atomic E-state index is 0.623. The summed E-state index contributed by atoms with van der Waals surface area (Å²) >= 11 is 1.77. The first-order chi connectivity index (χ1) is 4.83. The first-order valence-corrected chi connectivity index (χ1v) is 4.12. The second kappa shape index (κ2) is 3.71. The van der Waals surface area contributed by atoms with Gasteiger partial charge in [-0.2, -0.15) is 0 Å². The molecule has 0 aliphatic heterocycles. The van der Waals surface area contributed by atoms with E-state index in [-0.39, 0.29) is 0 Å². The summed E-state index contributed by atoms with van der Waals surface area (Å²) in [7, 11) is 2.01. The molecule has 1 aromatic rings. The van der Waals surface area contributed by atoms with Crippen molar-refractivity contribution in [3.8, 4) is 0 Å². The molecule has 56 valence electrons. The molecular formula is C7H12N2S. The Morgan fingerprint density at radius 3 is 3.00 bits per heavy atom. The van der Waals surface area contributed by atoms with Gasteiger partial charge in [-0.05, 0) is 18.5 Å². The van der Waals surface area contributed by atoms with Crippen LogP contribution in [0.4, 0.5) is 0 Å². The minimum absolute atomic E-state index is 0.623. The van der Waals surface area contributed by atoms with Crippen LogP contribution in [-0.2, 0) is 6.54 Å². The molecular weight excluding hydrogens is 144 g/mol. The van der Waals surface area contributed by atoms with Gasteiger partial charge in [0, 0.05) is 18.1 Å². The van der Waals surface area contributed by atoms with Crippen molar-refractivity contribution < 1.29 is 0 Å². The van der Waals surface area contributed by atoms with Crippen molar-refractivity contribution in [3.63, 3.8) is 0 Å². The van der Waals surface area contributed by atoms with Crippen molar-refractivity contribution in [2.45, 2.75) is 6.54 Å². The molecule has 0 fully saturated rings. The van der Waals surface area contributed by atoms with Gasteiger partial charge in [-0.1, -0.05) is 6.07 Å². The van der Waals surface area contributed by atoms with Crippen molar-refractivity contribution in [1.29, 1.82) is 0 Å². The van der Waals surface area contributed by atoms with Crippen molar-refractivity contribution in [2.75, 3.05) is 13.7 Å². The summed E-state index contributed by atoms with van der Waals surface area (Å²) in [4.78, 5) is 3.44. The maximum absolute atomic E-state index is 5.42. The highest BCUT2D eigenvalue weighted by molar-refractivity contribution is 7.09. The van der Waals surface area contributed by atoms with Gasteiger partial charge in [-0.25, -0.2) is 0 Å². The van der Waals surface area contributed by atoms with Crippen molar-refractivity contribution in [1.82, 2.24) is 4.90 Å². The minimum Gasteiger partial charge on any atom is -0.318 e. The fraction of sp³-hybridized carbons (Fsp3) is 0.429. The van der Waals surface area contributed by atoms with Crippen LogP contribution in [0, 0.1) is 0 Å². The van der Waals surface area contributed by atoms with E-state index in [0.29, 0.717) is 6.67 Å². The predicted molar refractivity (Wildman–Crippen MR) is 44.8 cm³/mol. The van der Waals surface area contributed by atoms with Crippen LogP contribution in [0.3, 0.4) is 0 Å². The molecule has 0 aliphatic carbocycles. The summed E-state index contributed by atoms with van der Waals surface area (Å²) in [6.07, 6.45) is 0. The maximum Gasteiger partial charge on any atom is 0.0456 e. The molecule has 0 radical (unpaired) electrons. The lowest BCUT2D eigenvalue weighted by molar-refractivity contribution is 0.340. The van der Waals surface area contributed by atoms with Gasteiger partial charge in [0.1, 0.15) is 0 Å². The molecule has 1 rings (SSSR count). The number of nitrogens with zero attached hydrogens (tertiary/aromatic N) is 1. The molecule has 0 spiro atoms. The Labute approximate surface area is 65.3 Å². The smallest absolute Gasteiger partial charge is 0.0456 e. The summed E-state index contributed by atoms with van der Waals surface area (Å²) < 4.78 is 0. The number of nitrogens with two attached hydrogens (primary N) is 1. The predicted octanol–water partition coefficient (Wildman–Crippen LogP) is 1.10. The molecule has 0 atom stereocenters. The quantitative estimate of drug-likeness (QED) is 0.664. The third kappa shape index (κ3) is 2.10. The summed E-state index contributed by atoms with van der Waals surface area (Å²) in [5.74, 6) is 0. The molecule has 0 saturated heterocycles. The third-order valence-electron chi connectivity index (χ3n) is 1.32. The van der Waals surface area contributed by atoms with Crippen LogP contribution in [-0.4, -0.2) is 18.6 Å². The Morgan fingerprint density at radius 1 is 1.70 bits per heavy atom. The molecule has 0 amide bonds. The number of hydrogen-bond donors (Lipinski definition) is 1. The molecule has 3 heteroatoms. The second-order valence-corrected chi connectivity index (χ2v) is 3.31. The molecule has 0 aliphatic rings. The van der Waals surface area contributed by atoms with E-state index in [1.54, 1.807) is 11.3 Å². The van der Waals surface area contributed by atoms with Crippen LogP contribution in [0.2, 0.25) is 0 Å². The Morgan fingerprint density at radius 2 is 2.50 bits per heavy atom. The van der Waals surface area contributed by atoms with Crippen molar-refractivity contribution in [2.24, 2.45) is 5.73 Å². The first kappa shape index (κ1) is 7.72. The van der Waals surface area contributed by atoms with E-state index in [4.69, 9.17) is 5.73 Å². The lowest BCUT2D eigenvalue weighted by Crippen LogP contribution is -2.24. The van der Waals surface area contributed by atoms with E-state index in [2.05, 4.69) is 22.4 Å². The topological polar surface area (TPSA) is 29.3 Å². The normalized spacial score (nSPS) is 10.7. The summed E-state index contributed by atoms with van der Waals surface area (Å²) in [5, 5.41) is 2.08. The van der Waals surface area contributed by atoms with E-state index >= 15 is 0 Å². The Kier molecular flexibility index (Phi) is 2.86. The fourth-order valence-corrected chi connectivity index (χ4v) is 1.52. The molecule has 1 aromatic heterocycles. The van der Waals surface area contributed by atoms with Crippen LogP contribution in [0.15, 0.2) is 17.5 Å². The first-order valence-electron chi connectivity index (χ1n) is 3.24. The molecule has 0 saturated carbocycles. The van der Waals surface area contributed by atoms with Gasteiger partial charge in [0.2, 0.25) is 0 Å². The Balaban J connectivity index is 2.40. The molecule has 2 N–H and O–H groups in total. The van der Waals surface area contributed by atoms with Crippen LogP contribution < -0.4 is 5.73 Å². The molecule has 0 bridgehead atoms. The van der Waals surface area contributed by atoms with E-state index in [1.807, 2.05) is 7.05 Å². The zero-order valence-electron chi connectivity index (χ0n) is 6.08. The van der Waals surface area contributed by atoms with Crippen LogP contribution in [0.5, 0.6) is 0 Å². The van der Waals surface area contributed by atoms with E-state index in [1.165, 1.54) is 4.88 Å². The van der Waals surface area contributed by atoms with Crippen LogP contribution in [0.25, 0.3) is 0 Å². The summed E-state index contributed by atoms with van der Waals surface area (Å²) in [6.45, 7) is 1.59. The number of hydrogen-bond acceptors (Lipinski definition) is 3. The van der Waals surface area contributed by atoms with Gasteiger partial charge in [0.25, 0.3) is 0 Å². The standard InChI is InChI=1S/C7H12N2S/c1-9(6-8)5-7-3-2-4-10-7/h2-4H,5-6,8H2,1H3. The van der Waals surface area contributed by atoms with Crippen molar-refractivity contribution in [3.05, 3.63) is 22.4 Å². The van der Waals surface area contributed by atoms with E-state index in [0.717, 1.165) is 6.54 Å². The summed E-state index contributed by atoms with van der Waals surface area (Å²) in [6, 6.07) is 4.18. The van der Waals surface area contributed by atoms with Gasteiger partial charge < -0.3 is 5.73 Å². The number of thiophene rings is 1. The zero-order chi connectivity index (χ0) is 7.40. The lowest BCUT2D eigenvalue weighted by atomic mass is 10.4. The highest BCUT2D eigenvalue weighted by atomic mass is 32.1. The van der Waals surface area contributed by atoms with Crippen molar-refractivity contribution >= 4 is 11.3 Å². The zero-order valence-corrected chi connectivity index (χ0v) is 6.90. The summed E-state index contributed by atoms with van der Waals surface area (Å²) in [5.41, 5.74) is 5.42. The lowest BCUT2D eigenvalue weighted by Gasteiger charge is -2.10. The molecule has 2 nitrogen and oxygen atoms in total. The third-order valence-corrected chi connectivity index (χ3v) is 2.18. The SMILES string of the molecule is CN(CN)Cc1cccs1. The molecule has 0 unspecified atom stereocenters. The fourth-order valence-electron chi connectivity index (χ4n) is 0.733. The van der Waals surface area contributed by atoms with Crippen LogP contribution in [0.1, 0.15) is 4.88 Å².